The molecule has 3 aliphatic rings. The zero-order valence-electron chi connectivity index (χ0n) is 29.7. The number of benzene rings is 8. The van der Waals surface area contributed by atoms with E-state index < -0.39 is 10.8 Å². The lowest BCUT2D eigenvalue weighted by molar-refractivity contribution is 0.615. The van der Waals surface area contributed by atoms with E-state index in [0.717, 1.165) is 27.4 Å². The molecule has 254 valence electrons. The van der Waals surface area contributed by atoms with Crippen LogP contribution in [0.1, 0.15) is 61.8 Å². The Bertz CT molecular complexity index is 2860. The van der Waals surface area contributed by atoms with Gasteiger partial charge in [-0.15, -0.1) is 0 Å². The van der Waals surface area contributed by atoms with Gasteiger partial charge in [0.05, 0.1) is 21.9 Å². The summed E-state index contributed by atoms with van der Waals surface area (Å²) in [6, 6.07) is 75.9. The monoisotopic (exact) mass is 688 g/mol. The highest BCUT2D eigenvalue weighted by Crippen LogP contribution is 2.65. The van der Waals surface area contributed by atoms with E-state index in [4.69, 9.17) is 4.99 Å². The fourth-order valence-corrected chi connectivity index (χ4v) is 9.98. The van der Waals surface area contributed by atoms with E-state index in [0.29, 0.717) is 0 Å². The van der Waals surface area contributed by atoms with Gasteiger partial charge in [-0.2, -0.15) is 0 Å². The van der Waals surface area contributed by atoms with Crippen molar-refractivity contribution in [3.05, 3.63) is 272 Å². The van der Waals surface area contributed by atoms with Crippen molar-refractivity contribution in [1.29, 1.82) is 0 Å². The summed E-state index contributed by atoms with van der Waals surface area (Å²) in [6.45, 7) is 0. The lowest BCUT2D eigenvalue weighted by Crippen LogP contribution is -2.44. The molecule has 2 heteroatoms. The van der Waals surface area contributed by atoms with Crippen LogP contribution in [0.2, 0.25) is 0 Å². The molecular formula is C52H36N2. The van der Waals surface area contributed by atoms with Gasteiger partial charge in [-0.1, -0.05) is 200 Å². The van der Waals surface area contributed by atoms with Gasteiger partial charge in [0, 0.05) is 5.22 Å². The molecule has 0 saturated carbocycles. The normalized spacial score (nSPS) is 20.1. The van der Waals surface area contributed by atoms with Crippen LogP contribution in [0.5, 0.6) is 0 Å². The minimum absolute atomic E-state index is 0.268. The Morgan fingerprint density at radius 3 is 1.70 bits per heavy atom. The van der Waals surface area contributed by atoms with Crippen LogP contribution < -0.4 is 15.9 Å². The molecule has 0 fully saturated rings. The Morgan fingerprint density at radius 1 is 0.407 bits per heavy atom. The van der Waals surface area contributed by atoms with Crippen molar-refractivity contribution in [1.82, 2.24) is 5.32 Å². The first kappa shape index (κ1) is 30.8. The van der Waals surface area contributed by atoms with Crippen molar-refractivity contribution in [2.45, 2.75) is 17.0 Å². The molecule has 0 spiro atoms. The van der Waals surface area contributed by atoms with Gasteiger partial charge in [0.25, 0.3) is 0 Å². The highest BCUT2D eigenvalue weighted by molar-refractivity contribution is 5.91. The van der Waals surface area contributed by atoms with Crippen LogP contribution in [0.15, 0.2) is 211 Å². The van der Waals surface area contributed by atoms with E-state index >= 15 is 0 Å². The maximum Gasteiger partial charge on any atom is 0.145 e. The Balaban J connectivity index is 1.21. The molecule has 0 radical (unpaired) electrons. The van der Waals surface area contributed by atoms with Crippen LogP contribution in [-0.2, 0) is 10.8 Å². The van der Waals surface area contributed by atoms with Crippen molar-refractivity contribution in [3.8, 4) is 11.1 Å². The smallest absolute Gasteiger partial charge is 0.145 e. The molecule has 2 nitrogen and oxygen atoms in total. The first-order valence-corrected chi connectivity index (χ1v) is 18.8. The number of nitrogens with one attached hydrogen (secondary N) is 1. The summed E-state index contributed by atoms with van der Waals surface area (Å²) >= 11 is 0. The highest BCUT2D eigenvalue weighted by Gasteiger charge is 2.57. The predicted molar refractivity (Wildman–Crippen MR) is 218 cm³/mol. The van der Waals surface area contributed by atoms with Gasteiger partial charge in [-0.3, -0.25) is 4.99 Å². The van der Waals surface area contributed by atoms with Crippen LogP contribution in [0, 0.1) is 0 Å². The van der Waals surface area contributed by atoms with Crippen LogP contribution in [0.25, 0.3) is 16.8 Å². The van der Waals surface area contributed by atoms with Crippen LogP contribution in [-0.4, -0.2) is 0 Å². The number of hydrogen-bond acceptors (Lipinski definition) is 2. The third-order valence-corrected chi connectivity index (χ3v) is 12.0. The average molecular weight is 689 g/mol. The van der Waals surface area contributed by atoms with Crippen molar-refractivity contribution >= 4 is 5.70 Å². The Labute approximate surface area is 315 Å². The molecule has 3 unspecified atom stereocenters. The SMILES string of the molecule is c1ccc(C2=c3ccccc3=NC(c3cccc(C4(c5ccccc5)c5ccccc5C5(c6ccccc6)c6ccccc6-c6cccc4c65)c3)N2)cc1. The van der Waals surface area contributed by atoms with Crippen molar-refractivity contribution in [3.63, 3.8) is 0 Å². The van der Waals surface area contributed by atoms with Crippen LogP contribution in [0.4, 0.5) is 0 Å². The number of nitrogens with zero attached hydrogens (tertiary/aromatic N) is 1. The third kappa shape index (κ3) is 4.14. The highest BCUT2D eigenvalue weighted by atomic mass is 15.1. The zero-order chi connectivity index (χ0) is 35.7. The zero-order valence-corrected chi connectivity index (χ0v) is 29.7. The maximum absolute atomic E-state index is 5.34. The van der Waals surface area contributed by atoms with E-state index in [9.17, 15) is 0 Å². The number of hydrogen-bond donors (Lipinski definition) is 1. The largest absolute Gasteiger partial charge is 0.359 e. The number of fused-ring (bicyclic) bond motifs is 6. The summed E-state index contributed by atoms with van der Waals surface area (Å²) in [5, 5.41) is 6.00. The minimum Gasteiger partial charge on any atom is -0.359 e. The lowest BCUT2D eigenvalue weighted by Gasteiger charge is -2.49. The second-order valence-corrected chi connectivity index (χ2v) is 14.6. The molecule has 1 N–H and O–H groups in total. The second kappa shape index (κ2) is 11.9. The topological polar surface area (TPSA) is 24.4 Å². The molecule has 0 bridgehead atoms. The molecule has 0 aromatic heterocycles. The molecule has 11 rings (SSSR count). The van der Waals surface area contributed by atoms with E-state index in [2.05, 4.69) is 212 Å². The molecule has 3 atom stereocenters. The van der Waals surface area contributed by atoms with Gasteiger partial charge in [0.2, 0.25) is 0 Å². The summed E-state index contributed by atoms with van der Waals surface area (Å²) in [4.78, 5) is 5.34. The van der Waals surface area contributed by atoms with E-state index in [-0.39, 0.29) is 6.17 Å². The van der Waals surface area contributed by atoms with E-state index in [1.807, 2.05) is 0 Å². The van der Waals surface area contributed by atoms with Gasteiger partial charge in [0.1, 0.15) is 6.17 Å². The number of rotatable bonds is 5. The predicted octanol–water partition coefficient (Wildman–Crippen LogP) is 9.82. The lowest BCUT2D eigenvalue weighted by atomic mass is 9.51. The van der Waals surface area contributed by atoms with Crippen molar-refractivity contribution in [2.24, 2.45) is 4.99 Å². The van der Waals surface area contributed by atoms with Crippen molar-refractivity contribution in [2.75, 3.05) is 0 Å². The molecule has 8 aromatic carbocycles. The first-order chi connectivity index (χ1) is 26.8. The van der Waals surface area contributed by atoms with Gasteiger partial charge in [-0.25, -0.2) is 0 Å². The molecule has 0 amide bonds. The van der Waals surface area contributed by atoms with Crippen molar-refractivity contribution < 1.29 is 0 Å². The number of para-hydroxylation sites is 1. The summed E-state index contributed by atoms with van der Waals surface area (Å²) in [5.74, 6) is 0. The molecule has 8 aromatic rings. The van der Waals surface area contributed by atoms with E-state index in [1.165, 1.54) is 55.6 Å². The summed E-state index contributed by atoms with van der Waals surface area (Å²) in [6.07, 6.45) is -0.268. The Morgan fingerprint density at radius 2 is 0.944 bits per heavy atom. The molecule has 0 saturated heterocycles. The third-order valence-electron chi connectivity index (χ3n) is 12.0. The summed E-state index contributed by atoms with van der Waals surface area (Å²) < 4.78 is 0. The summed E-state index contributed by atoms with van der Waals surface area (Å²) in [7, 11) is 0. The maximum atomic E-state index is 5.34. The van der Waals surface area contributed by atoms with Gasteiger partial charge in [0.15, 0.2) is 0 Å². The van der Waals surface area contributed by atoms with Crippen LogP contribution >= 0.6 is 0 Å². The Hall–Kier alpha value is -6.77. The standard InChI is InChI=1S/C52H36N2/c1-4-18-35(19-5-1)49-42-27-11-15-33-47(42)53-50(54-49)36-20-16-25-39(34-36)51(37-21-6-2-7-22-37)44-30-13-14-31-45(44)52(38-23-8-3-9-24-38)43-29-12-10-26-40(43)41-28-17-32-46(51)48(41)52/h1-34,50,54H. The van der Waals surface area contributed by atoms with Gasteiger partial charge in [-0.05, 0) is 72.8 Å². The Kier molecular flexibility index (Phi) is 6.78. The minimum atomic E-state index is -0.613. The van der Waals surface area contributed by atoms with Gasteiger partial charge < -0.3 is 5.32 Å². The second-order valence-electron chi connectivity index (χ2n) is 14.6. The molecule has 54 heavy (non-hydrogen) atoms. The van der Waals surface area contributed by atoms with Crippen LogP contribution in [0.3, 0.4) is 0 Å². The average Bonchev–Trinajstić information content (AvgIpc) is 3.57. The molecule has 1 aliphatic heterocycles. The molecule has 2 aliphatic carbocycles. The fraction of sp³-hybridized carbons (Fsp3) is 0.0577. The first-order valence-electron chi connectivity index (χ1n) is 18.8. The quantitative estimate of drug-likeness (QED) is 0.191. The summed E-state index contributed by atoms with van der Waals surface area (Å²) in [5.41, 5.74) is 15.3. The van der Waals surface area contributed by atoms with E-state index in [1.54, 1.807) is 0 Å². The van der Waals surface area contributed by atoms with Gasteiger partial charge >= 0.3 is 0 Å². The molecular weight excluding hydrogens is 653 g/mol. The molecule has 1 heterocycles. The fourth-order valence-electron chi connectivity index (χ4n) is 9.98.